The van der Waals surface area contributed by atoms with Crippen molar-refractivity contribution in [2.24, 2.45) is 0 Å². The maximum atomic E-state index is 6.77. The molecule has 0 saturated heterocycles. The molecule has 0 saturated carbocycles. The van der Waals surface area contributed by atoms with E-state index < -0.39 is 0 Å². The van der Waals surface area contributed by atoms with Crippen molar-refractivity contribution in [3.05, 3.63) is 188 Å². The highest BCUT2D eigenvalue weighted by atomic mass is 16.3. The Balaban J connectivity index is 1.10. The van der Waals surface area contributed by atoms with E-state index in [1.165, 1.54) is 33.4 Å². The first kappa shape index (κ1) is 28.7. The third-order valence-electron chi connectivity index (χ3n) is 9.39. The lowest BCUT2D eigenvalue weighted by Crippen LogP contribution is -1.86. The largest absolute Gasteiger partial charge is 0.455 e. The molecule has 0 radical (unpaired) electrons. The van der Waals surface area contributed by atoms with Gasteiger partial charge in [0.25, 0.3) is 0 Å². The summed E-state index contributed by atoms with van der Waals surface area (Å²) in [7, 11) is 0. The van der Waals surface area contributed by atoms with Crippen molar-refractivity contribution >= 4 is 21.9 Å². The molecule has 0 spiro atoms. The van der Waals surface area contributed by atoms with Gasteiger partial charge in [0.15, 0.2) is 0 Å². The lowest BCUT2D eigenvalue weighted by Gasteiger charge is -2.12. The number of hydrogen-bond donors (Lipinski definition) is 0. The first-order valence-corrected chi connectivity index (χ1v) is 16.6. The lowest BCUT2D eigenvalue weighted by atomic mass is 9.92. The number of aromatic nitrogens is 1. The molecule has 230 valence electrons. The minimum atomic E-state index is 0.905. The van der Waals surface area contributed by atoms with Crippen LogP contribution in [0.2, 0.25) is 0 Å². The molecule has 49 heavy (non-hydrogen) atoms. The van der Waals surface area contributed by atoms with Crippen LogP contribution in [0.25, 0.3) is 88.7 Å². The molecule has 0 fully saturated rings. The van der Waals surface area contributed by atoms with Crippen molar-refractivity contribution in [2.75, 3.05) is 0 Å². The quantitative estimate of drug-likeness (QED) is 0.184. The minimum Gasteiger partial charge on any atom is -0.455 e. The number of para-hydroxylation sites is 2. The number of benzene rings is 7. The summed E-state index contributed by atoms with van der Waals surface area (Å²) >= 11 is 0. The molecule has 2 heteroatoms. The average Bonchev–Trinajstić information content (AvgIpc) is 3.58. The van der Waals surface area contributed by atoms with Crippen LogP contribution in [0, 0.1) is 0 Å². The predicted molar refractivity (Wildman–Crippen MR) is 204 cm³/mol. The zero-order valence-electron chi connectivity index (χ0n) is 26.8. The first-order valence-electron chi connectivity index (χ1n) is 16.6. The molecule has 0 aliphatic heterocycles. The number of pyridine rings is 1. The Labute approximate surface area is 285 Å². The summed E-state index contributed by atoms with van der Waals surface area (Å²) in [6.07, 6.45) is 3.70. The SMILES string of the molecule is c1ccc(-c2cc(-c3ccccc3)cc(-c3ccc(-c4cccc5c4oc4c(-c6ccc(-c7cccnc7)cc6)cccc45)cc3)c2)cc1. The van der Waals surface area contributed by atoms with E-state index in [0.717, 1.165) is 55.3 Å². The van der Waals surface area contributed by atoms with Crippen LogP contribution in [0.3, 0.4) is 0 Å². The van der Waals surface area contributed by atoms with Gasteiger partial charge in [-0.05, 0) is 79.9 Å². The molecule has 0 atom stereocenters. The van der Waals surface area contributed by atoms with E-state index in [9.17, 15) is 0 Å². The van der Waals surface area contributed by atoms with Crippen LogP contribution in [-0.2, 0) is 0 Å². The van der Waals surface area contributed by atoms with Crippen molar-refractivity contribution < 1.29 is 4.42 Å². The zero-order valence-corrected chi connectivity index (χ0v) is 26.8. The minimum absolute atomic E-state index is 0.905. The van der Waals surface area contributed by atoms with Gasteiger partial charge >= 0.3 is 0 Å². The van der Waals surface area contributed by atoms with E-state index in [4.69, 9.17) is 4.42 Å². The van der Waals surface area contributed by atoms with Crippen LogP contribution in [0.1, 0.15) is 0 Å². The number of furan rings is 1. The topological polar surface area (TPSA) is 26.0 Å². The van der Waals surface area contributed by atoms with Crippen LogP contribution in [0.5, 0.6) is 0 Å². The molecule has 0 aliphatic carbocycles. The smallest absolute Gasteiger partial charge is 0.143 e. The van der Waals surface area contributed by atoms with E-state index in [-0.39, 0.29) is 0 Å². The first-order chi connectivity index (χ1) is 24.3. The summed E-state index contributed by atoms with van der Waals surface area (Å²) < 4.78 is 6.77. The Bertz CT molecular complexity index is 2490. The monoisotopic (exact) mass is 625 g/mol. The van der Waals surface area contributed by atoms with Gasteiger partial charge in [0.1, 0.15) is 11.2 Å². The molecule has 0 bridgehead atoms. The fourth-order valence-electron chi connectivity index (χ4n) is 6.88. The number of hydrogen-bond acceptors (Lipinski definition) is 2. The van der Waals surface area contributed by atoms with Crippen LogP contribution < -0.4 is 0 Å². The molecule has 9 rings (SSSR count). The van der Waals surface area contributed by atoms with Gasteiger partial charge in [0.05, 0.1) is 0 Å². The summed E-state index contributed by atoms with van der Waals surface area (Å²) in [5.74, 6) is 0. The Morgan fingerprint density at radius 2 is 0.714 bits per heavy atom. The van der Waals surface area contributed by atoms with Crippen molar-refractivity contribution in [3.63, 3.8) is 0 Å². The fraction of sp³-hybridized carbons (Fsp3) is 0. The van der Waals surface area contributed by atoms with Gasteiger partial charge in [-0.15, -0.1) is 0 Å². The van der Waals surface area contributed by atoms with Gasteiger partial charge in [-0.3, -0.25) is 4.98 Å². The maximum absolute atomic E-state index is 6.77. The second-order valence-corrected chi connectivity index (χ2v) is 12.4. The third kappa shape index (κ3) is 5.40. The normalized spacial score (nSPS) is 11.3. The molecule has 2 aromatic heterocycles. The van der Waals surface area contributed by atoms with Gasteiger partial charge in [-0.1, -0.05) is 152 Å². The predicted octanol–water partition coefficient (Wildman–Crippen LogP) is 13.0. The highest BCUT2D eigenvalue weighted by Gasteiger charge is 2.16. The molecule has 0 aliphatic rings. The van der Waals surface area contributed by atoms with Crippen molar-refractivity contribution in [2.45, 2.75) is 0 Å². The molecule has 0 unspecified atom stereocenters. The van der Waals surface area contributed by atoms with E-state index in [1.54, 1.807) is 6.20 Å². The fourth-order valence-corrected chi connectivity index (χ4v) is 6.88. The summed E-state index contributed by atoms with van der Waals surface area (Å²) in [6.45, 7) is 0. The van der Waals surface area contributed by atoms with Gasteiger partial charge in [-0.25, -0.2) is 0 Å². The van der Waals surface area contributed by atoms with Gasteiger partial charge in [0.2, 0.25) is 0 Å². The van der Waals surface area contributed by atoms with E-state index >= 15 is 0 Å². The molecule has 2 heterocycles. The molecule has 2 nitrogen and oxygen atoms in total. The third-order valence-corrected chi connectivity index (χ3v) is 9.39. The number of rotatable bonds is 6. The van der Waals surface area contributed by atoms with Crippen molar-refractivity contribution in [1.82, 2.24) is 4.98 Å². The molecule has 9 aromatic rings. The van der Waals surface area contributed by atoms with Gasteiger partial charge in [-0.2, -0.15) is 0 Å². The van der Waals surface area contributed by atoms with Crippen LogP contribution in [-0.4, -0.2) is 4.98 Å². The summed E-state index contributed by atoms with van der Waals surface area (Å²) in [5, 5.41) is 2.24. The molecule has 0 amide bonds. The van der Waals surface area contributed by atoms with Gasteiger partial charge in [0, 0.05) is 34.3 Å². The molecule has 0 N–H and O–H groups in total. The van der Waals surface area contributed by atoms with E-state index in [1.807, 2.05) is 12.3 Å². The molecular formula is C47H31NO. The Morgan fingerprint density at radius 1 is 0.306 bits per heavy atom. The highest BCUT2D eigenvalue weighted by Crippen LogP contribution is 2.41. The zero-order chi connectivity index (χ0) is 32.6. The van der Waals surface area contributed by atoms with Crippen molar-refractivity contribution in [3.8, 4) is 66.8 Å². The Hall–Kier alpha value is -6.51. The lowest BCUT2D eigenvalue weighted by molar-refractivity contribution is 0.671. The Kier molecular flexibility index (Phi) is 7.18. The highest BCUT2D eigenvalue weighted by molar-refractivity contribution is 6.13. The second kappa shape index (κ2) is 12.3. The van der Waals surface area contributed by atoms with Crippen LogP contribution >= 0.6 is 0 Å². The van der Waals surface area contributed by atoms with Crippen LogP contribution in [0.4, 0.5) is 0 Å². The summed E-state index contributed by atoms with van der Waals surface area (Å²) in [4.78, 5) is 4.27. The number of fused-ring (bicyclic) bond motifs is 3. The standard InChI is InChI=1S/C47H31NO/c1-3-10-32(11-4-1)39-28-40(33-12-5-2-6-13-33)30-41(29-39)35-21-25-37(26-22-35)43-16-8-18-45-44-17-7-15-42(46(44)49-47(43)45)36-23-19-34(20-24-36)38-14-9-27-48-31-38/h1-31H. The summed E-state index contributed by atoms with van der Waals surface area (Å²) in [5.41, 5.74) is 15.7. The second-order valence-electron chi connectivity index (χ2n) is 12.4. The van der Waals surface area contributed by atoms with Gasteiger partial charge < -0.3 is 4.42 Å². The Morgan fingerprint density at radius 3 is 1.16 bits per heavy atom. The summed E-state index contributed by atoms with van der Waals surface area (Å²) in [6, 6.07) is 62.5. The molecule has 7 aromatic carbocycles. The molecular weight excluding hydrogens is 595 g/mol. The van der Waals surface area contributed by atoms with E-state index in [2.05, 4.69) is 175 Å². The van der Waals surface area contributed by atoms with E-state index in [0.29, 0.717) is 0 Å². The maximum Gasteiger partial charge on any atom is 0.143 e. The van der Waals surface area contributed by atoms with Crippen LogP contribution in [0.15, 0.2) is 193 Å². The van der Waals surface area contributed by atoms with Crippen molar-refractivity contribution in [1.29, 1.82) is 0 Å². The average molecular weight is 626 g/mol. The number of nitrogens with zero attached hydrogens (tertiary/aromatic N) is 1.